The number of nitrogens with zero attached hydrogens (tertiary/aromatic N) is 6. The van der Waals surface area contributed by atoms with Gasteiger partial charge in [0.2, 0.25) is 0 Å². The molecule has 0 amide bonds. The minimum Gasteiger partial charge on any atom is -0.382 e. The van der Waals surface area contributed by atoms with E-state index in [4.69, 9.17) is 5.73 Å². The van der Waals surface area contributed by atoms with Crippen LogP contribution in [0.15, 0.2) is 23.3 Å². The molecule has 1 fully saturated rings. The SMILES string of the molecule is Nc1nn(C2CCC2)cc1-c1nc(Br)cn2ncnc12. The molecule has 0 bridgehead atoms. The lowest BCUT2D eigenvalue weighted by Gasteiger charge is -2.25. The Bertz CT molecular complexity index is 786. The molecule has 4 rings (SSSR count). The summed E-state index contributed by atoms with van der Waals surface area (Å²) < 4.78 is 4.30. The van der Waals surface area contributed by atoms with Gasteiger partial charge in [0.25, 0.3) is 0 Å². The first-order chi connectivity index (χ1) is 9.72. The number of rotatable bonds is 2. The molecule has 3 aromatic rings. The van der Waals surface area contributed by atoms with E-state index >= 15 is 0 Å². The number of anilines is 1. The third-order valence-electron chi connectivity index (χ3n) is 3.70. The Morgan fingerprint density at radius 1 is 1.30 bits per heavy atom. The standard InChI is InChI=1S/C12H12BrN7/c13-9-5-20-12(15-6-16-20)10(17-9)8-4-19(18-11(8)14)7-2-1-3-7/h4-7H,1-3H2,(H2,14,18). The van der Waals surface area contributed by atoms with Crippen molar-refractivity contribution in [1.29, 1.82) is 0 Å². The summed E-state index contributed by atoms with van der Waals surface area (Å²) in [6.07, 6.45) is 8.80. The van der Waals surface area contributed by atoms with Gasteiger partial charge in [0.05, 0.1) is 17.8 Å². The molecule has 0 saturated heterocycles. The molecule has 0 radical (unpaired) electrons. The second-order valence-electron chi connectivity index (χ2n) is 4.93. The van der Waals surface area contributed by atoms with Gasteiger partial charge < -0.3 is 5.73 Å². The quantitative estimate of drug-likeness (QED) is 0.775. The highest BCUT2D eigenvalue weighted by molar-refractivity contribution is 9.10. The first-order valence-corrected chi connectivity index (χ1v) is 7.22. The Balaban J connectivity index is 1.89. The number of hydrogen-bond donors (Lipinski definition) is 1. The maximum Gasteiger partial charge on any atom is 0.181 e. The first kappa shape index (κ1) is 11.8. The average molecular weight is 334 g/mol. The molecule has 7 nitrogen and oxygen atoms in total. The Morgan fingerprint density at radius 3 is 2.90 bits per heavy atom. The molecule has 8 heteroatoms. The molecule has 1 aliphatic rings. The van der Waals surface area contributed by atoms with Gasteiger partial charge in [-0.25, -0.2) is 14.5 Å². The van der Waals surface area contributed by atoms with E-state index in [1.165, 1.54) is 12.7 Å². The van der Waals surface area contributed by atoms with Crippen molar-refractivity contribution in [3.63, 3.8) is 0 Å². The predicted molar refractivity (Wildman–Crippen MR) is 77.0 cm³/mol. The summed E-state index contributed by atoms with van der Waals surface area (Å²) in [5.41, 5.74) is 8.23. The minimum absolute atomic E-state index is 0.465. The number of hydrogen-bond acceptors (Lipinski definition) is 5. The zero-order chi connectivity index (χ0) is 13.7. The maximum atomic E-state index is 6.06. The summed E-state index contributed by atoms with van der Waals surface area (Å²) in [4.78, 5) is 8.72. The number of aromatic nitrogens is 6. The lowest BCUT2D eigenvalue weighted by Crippen LogP contribution is -2.17. The van der Waals surface area contributed by atoms with Crippen molar-refractivity contribution < 1.29 is 0 Å². The Labute approximate surface area is 123 Å². The highest BCUT2D eigenvalue weighted by Crippen LogP contribution is 2.34. The molecule has 20 heavy (non-hydrogen) atoms. The highest BCUT2D eigenvalue weighted by atomic mass is 79.9. The van der Waals surface area contributed by atoms with Crippen LogP contribution in [0, 0.1) is 0 Å². The van der Waals surface area contributed by atoms with Crippen molar-refractivity contribution in [1.82, 2.24) is 29.4 Å². The van der Waals surface area contributed by atoms with Gasteiger partial charge in [-0.2, -0.15) is 10.2 Å². The van der Waals surface area contributed by atoms with E-state index < -0.39 is 0 Å². The normalized spacial score (nSPS) is 15.7. The lowest BCUT2D eigenvalue weighted by molar-refractivity contribution is 0.290. The molecule has 0 aliphatic heterocycles. The number of halogens is 1. The van der Waals surface area contributed by atoms with E-state index in [2.05, 4.69) is 36.1 Å². The molecular weight excluding hydrogens is 322 g/mol. The van der Waals surface area contributed by atoms with Crippen molar-refractivity contribution in [2.24, 2.45) is 0 Å². The van der Waals surface area contributed by atoms with E-state index in [0.717, 1.165) is 18.4 Å². The minimum atomic E-state index is 0.465. The van der Waals surface area contributed by atoms with Gasteiger partial charge in [-0.1, -0.05) is 0 Å². The van der Waals surface area contributed by atoms with Gasteiger partial charge in [-0.05, 0) is 35.2 Å². The van der Waals surface area contributed by atoms with Crippen LogP contribution < -0.4 is 5.73 Å². The summed E-state index contributed by atoms with van der Waals surface area (Å²) in [6.45, 7) is 0. The van der Waals surface area contributed by atoms with Crippen molar-refractivity contribution in [2.75, 3.05) is 5.73 Å². The van der Waals surface area contributed by atoms with Gasteiger partial charge in [0.15, 0.2) is 11.5 Å². The van der Waals surface area contributed by atoms with E-state index in [9.17, 15) is 0 Å². The number of nitrogens with two attached hydrogens (primary N) is 1. The topological polar surface area (TPSA) is 86.9 Å². The molecule has 1 saturated carbocycles. The summed E-state index contributed by atoms with van der Waals surface area (Å²) in [6, 6.07) is 0.465. The summed E-state index contributed by atoms with van der Waals surface area (Å²) >= 11 is 3.38. The highest BCUT2D eigenvalue weighted by Gasteiger charge is 2.23. The fraction of sp³-hybridized carbons (Fsp3) is 0.333. The van der Waals surface area contributed by atoms with E-state index in [1.807, 2.05) is 10.9 Å². The Morgan fingerprint density at radius 2 is 2.15 bits per heavy atom. The van der Waals surface area contributed by atoms with Gasteiger partial charge in [0, 0.05) is 6.20 Å². The van der Waals surface area contributed by atoms with Crippen LogP contribution in [0.3, 0.4) is 0 Å². The van der Waals surface area contributed by atoms with Crippen molar-refractivity contribution in [3.05, 3.63) is 23.3 Å². The smallest absolute Gasteiger partial charge is 0.181 e. The molecule has 102 valence electrons. The van der Waals surface area contributed by atoms with Crippen LogP contribution in [-0.2, 0) is 0 Å². The van der Waals surface area contributed by atoms with Gasteiger partial charge >= 0.3 is 0 Å². The maximum absolute atomic E-state index is 6.06. The second kappa shape index (κ2) is 4.27. The largest absolute Gasteiger partial charge is 0.382 e. The van der Waals surface area contributed by atoms with Crippen LogP contribution in [0.5, 0.6) is 0 Å². The van der Waals surface area contributed by atoms with Crippen LogP contribution in [0.25, 0.3) is 16.9 Å². The third kappa shape index (κ3) is 1.71. The molecule has 2 N–H and O–H groups in total. The molecule has 0 unspecified atom stereocenters. The number of fused-ring (bicyclic) bond motifs is 1. The summed E-state index contributed by atoms with van der Waals surface area (Å²) in [5.74, 6) is 0.479. The Hall–Kier alpha value is -1.96. The van der Waals surface area contributed by atoms with Gasteiger partial charge in [-0.3, -0.25) is 4.68 Å². The second-order valence-corrected chi connectivity index (χ2v) is 5.75. The zero-order valence-electron chi connectivity index (χ0n) is 10.6. The van der Waals surface area contributed by atoms with Crippen molar-refractivity contribution in [2.45, 2.75) is 25.3 Å². The third-order valence-corrected chi connectivity index (χ3v) is 4.08. The first-order valence-electron chi connectivity index (χ1n) is 6.43. The summed E-state index contributed by atoms with van der Waals surface area (Å²) in [7, 11) is 0. The van der Waals surface area contributed by atoms with Gasteiger partial charge in [-0.15, -0.1) is 0 Å². The van der Waals surface area contributed by atoms with E-state index in [-0.39, 0.29) is 0 Å². The van der Waals surface area contributed by atoms with Crippen molar-refractivity contribution in [3.8, 4) is 11.3 Å². The molecule has 0 aromatic carbocycles. The van der Waals surface area contributed by atoms with Crippen molar-refractivity contribution >= 4 is 27.4 Å². The molecule has 3 heterocycles. The molecule has 3 aromatic heterocycles. The van der Waals surface area contributed by atoms with E-state index in [1.54, 1.807) is 10.7 Å². The van der Waals surface area contributed by atoms with Crippen LogP contribution in [0.4, 0.5) is 5.82 Å². The monoisotopic (exact) mass is 333 g/mol. The molecule has 0 atom stereocenters. The van der Waals surface area contributed by atoms with Gasteiger partial charge in [0.1, 0.15) is 16.6 Å². The molecule has 0 spiro atoms. The van der Waals surface area contributed by atoms with Crippen LogP contribution in [0.1, 0.15) is 25.3 Å². The van der Waals surface area contributed by atoms with Crippen LogP contribution >= 0.6 is 15.9 Å². The Kier molecular flexibility index (Phi) is 2.53. The fourth-order valence-electron chi connectivity index (χ4n) is 2.41. The zero-order valence-corrected chi connectivity index (χ0v) is 12.2. The average Bonchev–Trinajstić information content (AvgIpc) is 2.92. The fourth-order valence-corrected chi connectivity index (χ4v) is 2.78. The predicted octanol–water partition coefficient (Wildman–Crippen LogP) is 2.06. The summed E-state index contributed by atoms with van der Waals surface area (Å²) in [5, 5.41) is 8.54. The van der Waals surface area contributed by atoms with E-state index in [0.29, 0.717) is 27.8 Å². The molecular formula is C12H12BrN7. The number of nitrogen functional groups attached to an aromatic ring is 1. The molecule has 1 aliphatic carbocycles. The lowest BCUT2D eigenvalue weighted by atomic mass is 9.93. The van der Waals surface area contributed by atoms with Crippen LogP contribution in [-0.4, -0.2) is 29.4 Å². The van der Waals surface area contributed by atoms with Crippen LogP contribution in [0.2, 0.25) is 0 Å².